The number of aliphatic carboxylic acids is 1. The highest BCUT2D eigenvalue weighted by Gasteiger charge is 2.52. The van der Waals surface area contributed by atoms with Crippen LogP contribution in [0.25, 0.3) is 0 Å². The van der Waals surface area contributed by atoms with Crippen molar-refractivity contribution in [2.24, 2.45) is 29.1 Å². The molecule has 1 saturated heterocycles. The van der Waals surface area contributed by atoms with E-state index in [-0.39, 0.29) is 12.0 Å². The van der Waals surface area contributed by atoms with Gasteiger partial charge in [0, 0.05) is 12.6 Å². The molecule has 4 aliphatic carbocycles. The molecule has 0 amide bonds. The van der Waals surface area contributed by atoms with Crippen LogP contribution < -0.4 is 0 Å². The molecular formula is C17H27NO2. The van der Waals surface area contributed by atoms with Gasteiger partial charge in [-0.05, 0) is 81.6 Å². The van der Waals surface area contributed by atoms with E-state index < -0.39 is 5.97 Å². The third-order valence-electron chi connectivity index (χ3n) is 6.91. The Labute approximate surface area is 121 Å². The van der Waals surface area contributed by atoms with Crippen molar-refractivity contribution >= 4 is 5.97 Å². The van der Waals surface area contributed by atoms with Crippen molar-refractivity contribution in [1.29, 1.82) is 0 Å². The van der Waals surface area contributed by atoms with Crippen LogP contribution in [-0.2, 0) is 4.79 Å². The maximum absolute atomic E-state index is 11.3. The highest BCUT2D eigenvalue weighted by molar-refractivity contribution is 5.71. The number of likely N-dealkylation sites (tertiary alicyclic amines) is 1. The topological polar surface area (TPSA) is 40.5 Å². The van der Waals surface area contributed by atoms with Gasteiger partial charge in [0.05, 0.1) is 5.92 Å². The van der Waals surface area contributed by atoms with Crippen molar-refractivity contribution < 1.29 is 9.90 Å². The fourth-order valence-corrected chi connectivity index (χ4v) is 6.47. The summed E-state index contributed by atoms with van der Waals surface area (Å²) in [6.07, 6.45) is 9.62. The van der Waals surface area contributed by atoms with E-state index in [1.807, 2.05) is 0 Å². The van der Waals surface area contributed by atoms with Crippen LogP contribution in [0.5, 0.6) is 0 Å². The number of hydrogen-bond donors (Lipinski definition) is 1. The van der Waals surface area contributed by atoms with Crippen LogP contribution in [0, 0.1) is 29.1 Å². The lowest BCUT2D eigenvalue weighted by atomic mass is 9.49. The molecule has 5 fully saturated rings. The first-order valence-corrected chi connectivity index (χ1v) is 8.51. The van der Waals surface area contributed by atoms with E-state index in [0.717, 1.165) is 30.7 Å². The minimum absolute atomic E-state index is 0.135. The van der Waals surface area contributed by atoms with E-state index in [2.05, 4.69) is 11.8 Å². The molecule has 0 aromatic heterocycles. The summed E-state index contributed by atoms with van der Waals surface area (Å²) in [6.45, 7) is 4.31. The van der Waals surface area contributed by atoms with Gasteiger partial charge in [-0.15, -0.1) is 0 Å². The van der Waals surface area contributed by atoms with Gasteiger partial charge in [0.15, 0.2) is 0 Å². The average molecular weight is 277 g/mol. The van der Waals surface area contributed by atoms with Crippen LogP contribution in [0.2, 0.25) is 0 Å². The molecule has 2 atom stereocenters. The summed E-state index contributed by atoms with van der Waals surface area (Å²) in [7, 11) is 0. The van der Waals surface area contributed by atoms with Gasteiger partial charge in [-0.2, -0.15) is 0 Å². The van der Waals surface area contributed by atoms with Crippen LogP contribution in [0.1, 0.15) is 51.9 Å². The maximum Gasteiger partial charge on any atom is 0.308 e. The van der Waals surface area contributed by atoms with E-state index >= 15 is 0 Å². The second-order valence-electron chi connectivity index (χ2n) is 8.36. The van der Waals surface area contributed by atoms with E-state index in [4.69, 9.17) is 0 Å². The van der Waals surface area contributed by atoms with Crippen molar-refractivity contribution in [1.82, 2.24) is 4.90 Å². The summed E-state index contributed by atoms with van der Waals surface area (Å²) in [4.78, 5) is 13.8. The summed E-state index contributed by atoms with van der Waals surface area (Å²) >= 11 is 0. The lowest BCUT2D eigenvalue weighted by Gasteiger charge is -2.58. The fourth-order valence-electron chi connectivity index (χ4n) is 6.47. The average Bonchev–Trinajstić information content (AvgIpc) is 2.68. The van der Waals surface area contributed by atoms with E-state index in [0.29, 0.717) is 5.41 Å². The number of carbonyl (C=O) groups is 1. The Bertz CT molecular complexity index is 384. The molecule has 4 bridgehead atoms. The first-order valence-electron chi connectivity index (χ1n) is 8.51. The van der Waals surface area contributed by atoms with Gasteiger partial charge in [-0.3, -0.25) is 9.69 Å². The Balaban J connectivity index is 1.48. The highest BCUT2D eigenvalue weighted by atomic mass is 16.4. The molecule has 20 heavy (non-hydrogen) atoms. The van der Waals surface area contributed by atoms with Crippen LogP contribution in [0.4, 0.5) is 0 Å². The van der Waals surface area contributed by atoms with Gasteiger partial charge in [-0.1, -0.05) is 0 Å². The molecule has 5 rings (SSSR count). The van der Waals surface area contributed by atoms with Gasteiger partial charge < -0.3 is 5.11 Å². The Morgan fingerprint density at radius 1 is 1.15 bits per heavy atom. The molecule has 1 N–H and O–H groups in total. The number of hydrogen-bond acceptors (Lipinski definition) is 2. The van der Waals surface area contributed by atoms with Crippen molar-refractivity contribution in [3.05, 3.63) is 0 Å². The fraction of sp³-hybridized carbons (Fsp3) is 0.941. The second-order valence-corrected chi connectivity index (χ2v) is 8.36. The quantitative estimate of drug-likeness (QED) is 0.862. The summed E-state index contributed by atoms with van der Waals surface area (Å²) < 4.78 is 0. The number of nitrogens with zero attached hydrogens (tertiary/aromatic N) is 1. The van der Waals surface area contributed by atoms with Gasteiger partial charge in [0.2, 0.25) is 0 Å². The molecular weight excluding hydrogens is 250 g/mol. The zero-order valence-electron chi connectivity index (χ0n) is 12.6. The zero-order chi connectivity index (χ0) is 13.9. The largest absolute Gasteiger partial charge is 0.481 e. The molecule has 112 valence electrons. The van der Waals surface area contributed by atoms with Crippen molar-refractivity contribution in [3.63, 3.8) is 0 Å². The zero-order valence-corrected chi connectivity index (χ0v) is 12.6. The van der Waals surface area contributed by atoms with Gasteiger partial charge in [0.1, 0.15) is 0 Å². The van der Waals surface area contributed by atoms with Crippen LogP contribution in [-0.4, -0.2) is 35.1 Å². The molecule has 4 saturated carbocycles. The van der Waals surface area contributed by atoms with Gasteiger partial charge >= 0.3 is 5.97 Å². The van der Waals surface area contributed by atoms with E-state index in [1.54, 1.807) is 0 Å². The molecule has 1 heterocycles. The van der Waals surface area contributed by atoms with Crippen LogP contribution >= 0.6 is 0 Å². The van der Waals surface area contributed by atoms with E-state index in [9.17, 15) is 9.90 Å². The van der Waals surface area contributed by atoms with E-state index in [1.165, 1.54) is 45.1 Å². The third kappa shape index (κ3) is 2.01. The Kier molecular flexibility index (Phi) is 2.93. The number of carboxylic acids is 1. The van der Waals surface area contributed by atoms with Crippen LogP contribution in [0.15, 0.2) is 0 Å². The third-order valence-corrected chi connectivity index (χ3v) is 6.91. The predicted octanol–water partition coefficient (Wildman–Crippen LogP) is 3.00. The lowest BCUT2D eigenvalue weighted by molar-refractivity contribution is -0.142. The summed E-state index contributed by atoms with van der Waals surface area (Å²) in [5.41, 5.74) is 0.552. The van der Waals surface area contributed by atoms with Crippen LogP contribution in [0.3, 0.4) is 0 Å². The summed E-state index contributed by atoms with van der Waals surface area (Å²) in [5, 5.41) is 9.30. The molecule has 1 aliphatic heterocycles. The molecule has 3 nitrogen and oxygen atoms in total. The van der Waals surface area contributed by atoms with Crippen molar-refractivity contribution in [3.8, 4) is 0 Å². The molecule has 0 aromatic rings. The molecule has 3 heteroatoms. The smallest absolute Gasteiger partial charge is 0.308 e. The number of carboxylic acid groups (broad SMARTS) is 1. The molecule has 0 aromatic carbocycles. The van der Waals surface area contributed by atoms with Crippen molar-refractivity contribution in [2.75, 3.05) is 13.1 Å². The van der Waals surface area contributed by atoms with Gasteiger partial charge in [0.25, 0.3) is 0 Å². The first-order chi connectivity index (χ1) is 9.55. The predicted molar refractivity (Wildman–Crippen MR) is 77.4 cm³/mol. The van der Waals surface area contributed by atoms with Gasteiger partial charge in [-0.25, -0.2) is 0 Å². The second kappa shape index (κ2) is 4.46. The minimum Gasteiger partial charge on any atom is -0.481 e. The number of rotatable bonds is 3. The highest BCUT2D eigenvalue weighted by Crippen LogP contribution is 2.60. The Morgan fingerprint density at radius 2 is 1.70 bits per heavy atom. The van der Waals surface area contributed by atoms with Crippen molar-refractivity contribution in [2.45, 2.75) is 57.9 Å². The molecule has 0 spiro atoms. The standard InChI is InChI=1S/C17H27NO2/c1-11-15(16(19)20)2-3-18(11)10-17-7-12-4-13(8-17)6-14(5-12)9-17/h11-15H,2-10H2,1H3,(H,19,20). The Morgan fingerprint density at radius 3 is 2.15 bits per heavy atom. The first kappa shape index (κ1) is 13.1. The maximum atomic E-state index is 11.3. The molecule has 0 radical (unpaired) electrons. The Hall–Kier alpha value is -0.570. The molecule has 2 unspecified atom stereocenters. The normalized spacial score (nSPS) is 50.8. The lowest BCUT2D eigenvalue weighted by Crippen LogP contribution is -2.52. The summed E-state index contributed by atoms with van der Waals surface area (Å²) in [6, 6.07) is 0.237. The monoisotopic (exact) mass is 277 g/mol. The molecule has 5 aliphatic rings. The SMILES string of the molecule is CC1C(C(=O)O)CCN1CC12CC3CC(CC(C3)C1)C2. The summed E-state index contributed by atoms with van der Waals surface area (Å²) in [5.74, 6) is 2.26. The minimum atomic E-state index is -0.592.